The molecule has 1 aromatic rings. The molecule has 0 aromatic heterocycles. The van der Waals surface area contributed by atoms with Gasteiger partial charge in [0, 0.05) is 18.1 Å². The first-order valence-corrected chi connectivity index (χ1v) is 9.18. The highest BCUT2D eigenvalue weighted by molar-refractivity contribution is 6.08. The number of hydrogen-bond acceptors (Lipinski definition) is 5. The van der Waals surface area contributed by atoms with E-state index in [0.717, 1.165) is 16.9 Å². The maximum absolute atomic E-state index is 12.5. The molecule has 1 fully saturated rings. The van der Waals surface area contributed by atoms with Crippen LogP contribution in [0.4, 0.5) is 10.5 Å². The summed E-state index contributed by atoms with van der Waals surface area (Å²) < 4.78 is 11.4. The minimum Gasteiger partial charge on any atom is -0.492 e. The van der Waals surface area contributed by atoms with Crippen LogP contribution in [0.5, 0.6) is 11.5 Å². The molecule has 0 bridgehead atoms. The molecule has 0 spiro atoms. The topological polar surface area (TPSA) is 97.0 Å². The van der Waals surface area contributed by atoms with Crippen molar-refractivity contribution < 1.29 is 23.9 Å². The van der Waals surface area contributed by atoms with Gasteiger partial charge in [-0.1, -0.05) is 13.8 Å². The van der Waals surface area contributed by atoms with Crippen LogP contribution in [-0.4, -0.2) is 48.0 Å². The van der Waals surface area contributed by atoms with Crippen molar-refractivity contribution in [3.63, 3.8) is 0 Å². The van der Waals surface area contributed by atoms with E-state index in [-0.39, 0.29) is 24.5 Å². The first kappa shape index (κ1) is 19.0. The van der Waals surface area contributed by atoms with Gasteiger partial charge in [-0.15, -0.1) is 0 Å². The summed E-state index contributed by atoms with van der Waals surface area (Å²) in [6.07, 6.45) is 0.849. The normalized spacial score (nSPS) is 21.1. The van der Waals surface area contributed by atoms with Crippen LogP contribution in [0.2, 0.25) is 0 Å². The Balaban J connectivity index is 1.73. The molecule has 8 nitrogen and oxygen atoms in total. The summed E-state index contributed by atoms with van der Waals surface area (Å²) in [4.78, 5) is 37.8. The van der Waals surface area contributed by atoms with Gasteiger partial charge >= 0.3 is 6.03 Å². The van der Waals surface area contributed by atoms with E-state index in [1.54, 1.807) is 6.07 Å². The molecule has 2 aliphatic rings. The molecule has 0 aliphatic carbocycles. The summed E-state index contributed by atoms with van der Waals surface area (Å²) in [6.45, 7) is 7.60. The number of imide groups is 1. The van der Waals surface area contributed by atoms with E-state index in [9.17, 15) is 14.4 Å². The average molecular weight is 375 g/mol. The second-order valence-electron chi connectivity index (χ2n) is 7.17. The lowest BCUT2D eigenvalue weighted by Crippen LogP contribution is -2.39. The summed E-state index contributed by atoms with van der Waals surface area (Å²) >= 11 is 0. The highest BCUT2D eigenvalue weighted by Gasteiger charge is 2.40. The Morgan fingerprint density at radius 3 is 2.78 bits per heavy atom. The van der Waals surface area contributed by atoms with Crippen LogP contribution in [0.3, 0.4) is 0 Å². The van der Waals surface area contributed by atoms with Crippen molar-refractivity contribution in [1.29, 1.82) is 0 Å². The molecular formula is C19H25N3O5. The molecule has 0 saturated carbocycles. The number of nitrogens with one attached hydrogen (secondary N) is 2. The van der Waals surface area contributed by atoms with E-state index in [1.807, 2.05) is 33.8 Å². The standard InChI is InChI=1S/C19H25N3O5/c1-5-26-15-7-12-6-11(4)27-14(12)8-13(15)20-16(23)9-22-18(24)17(10(2)3)21-19(22)25/h7-8,10-11,17H,5-6,9H2,1-4H3,(H,20,23)(H,21,25). The maximum Gasteiger partial charge on any atom is 0.325 e. The molecule has 2 N–H and O–H groups in total. The van der Waals surface area contributed by atoms with Crippen LogP contribution in [0.15, 0.2) is 12.1 Å². The summed E-state index contributed by atoms with van der Waals surface area (Å²) in [5.74, 6) is 0.335. The lowest BCUT2D eigenvalue weighted by Gasteiger charge is -2.16. The number of rotatable bonds is 6. The van der Waals surface area contributed by atoms with Crippen LogP contribution < -0.4 is 20.1 Å². The molecule has 3 rings (SSSR count). The molecule has 2 atom stereocenters. The third-order valence-electron chi connectivity index (χ3n) is 4.60. The molecule has 1 saturated heterocycles. The zero-order valence-electron chi connectivity index (χ0n) is 16.0. The number of urea groups is 1. The predicted molar refractivity (Wildman–Crippen MR) is 98.9 cm³/mol. The van der Waals surface area contributed by atoms with Gasteiger partial charge in [0.1, 0.15) is 30.2 Å². The lowest BCUT2D eigenvalue weighted by molar-refractivity contribution is -0.131. The Kier molecular flexibility index (Phi) is 5.25. The van der Waals surface area contributed by atoms with Gasteiger partial charge in [-0.2, -0.15) is 0 Å². The van der Waals surface area contributed by atoms with Crippen LogP contribution in [0.1, 0.15) is 33.3 Å². The fraction of sp³-hybridized carbons (Fsp3) is 0.526. The lowest BCUT2D eigenvalue weighted by atomic mass is 10.1. The van der Waals surface area contributed by atoms with Gasteiger partial charge in [0.15, 0.2) is 0 Å². The Morgan fingerprint density at radius 1 is 1.41 bits per heavy atom. The number of ether oxygens (including phenoxy) is 2. The van der Waals surface area contributed by atoms with Gasteiger partial charge < -0.3 is 20.1 Å². The number of fused-ring (bicyclic) bond motifs is 1. The molecule has 0 radical (unpaired) electrons. The highest BCUT2D eigenvalue weighted by Crippen LogP contribution is 2.38. The van der Waals surface area contributed by atoms with Crippen LogP contribution in [0, 0.1) is 5.92 Å². The predicted octanol–water partition coefficient (Wildman–Crippen LogP) is 1.92. The number of nitrogens with zero attached hydrogens (tertiary/aromatic N) is 1. The van der Waals surface area contributed by atoms with Crippen molar-refractivity contribution in [1.82, 2.24) is 10.2 Å². The zero-order valence-corrected chi connectivity index (χ0v) is 16.0. The molecule has 2 unspecified atom stereocenters. The first-order chi connectivity index (χ1) is 12.8. The summed E-state index contributed by atoms with van der Waals surface area (Å²) in [5.41, 5.74) is 1.49. The van der Waals surface area contributed by atoms with Gasteiger partial charge in [-0.3, -0.25) is 14.5 Å². The number of carbonyl (C=O) groups excluding carboxylic acids is 3. The maximum atomic E-state index is 12.5. The number of benzene rings is 1. The minimum absolute atomic E-state index is 0.0464. The first-order valence-electron chi connectivity index (χ1n) is 9.18. The fourth-order valence-corrected chi connectivity index (χ4v) is 3.29. The molecule has 2 heterocycles. The van der Waals surface area contributed by atoms with Crippen molar-refractivity contribution in [3.8, 4) is 11.5 Å². The Hall–Kier alpha value is -2.77. The van der Waals surface area contributed by atoms with E-state index in [4.69, 9.17) is 9.47 Å². The van der Waals surface area contributed by atoms with E-state index in [1.165, 1.54) is 0 Å². The van der Waals surface area contributed by atoms with Crippen LogP contribution in [-0.2, 0) is 16.0 Å². The van der Waals surface area contributed by atoms with Crippen molar-refractivity contribution in [2.24, 2.45) is 5.92 Å². The smallest absolute Gasteiger partial charge is 0.325 e. The summed E-state index contributed by atoms with van der Waals surface area (Å²) in [6, 6.07) is 2.44. The molecule has 2 aliphatic heterocycles. The van der Waals surface area contributed by atoms with Crippen LogP contribution in [0.25, 0.3) is 0 Å². The molecule has 27 heavy (non-hydrogen) atoms. The summed E-state index contributed by atoms with van der Waals surface area (Å²) in [7, 11) is 0. The average Bonchev–Trinajstić information content (AvgIpc) is 3.08. The number of anilines is 1. The van der Waals surface area contributed by atoms with E-state index in [2.05, 4.69) is 10.6 Å². The van der Waals surface area contributed by atoms with E-state index in [0.29, 0.717) is 23.8 Å². The van der Waals surface area contributed by atoms with E-state index >= 15 is 0 Å². The van der Waals surface area contributed by atoms with Crippen molar-refractivity contribution in [2.45, 2.75) is 46.3 Å². The third-order valence-corrected chi connectivity index (χ3v) is 4.60. The SMILES string of the molecule is CCOc1cc2c(cc1NC(=O)CN1C(=O)NC(C(C)C)C1=O)OC(C)C2. The van der Waals surface area contributed by atoms with Crippen molar-refractivity contribution in [3.05, 3.63) is 17.7 Å². The third kappa shape index (κ3) is 3.84. The second kappa shape index (κ2) is 7.46. The fourth-order valence-electron chi connectivity index (χ4n) is 3.29. The Labute approximate surface area is 158 Å². The van der Waals surface area contributed by atoms with Gasteiger partial charge in [0.25, 0.3) is 5.91 Å². The van der Waals surface area contributed by atoms with Crippen LogP contribution >= 0.6 is 0 Å². The number of amides is 4. The van der Waals surface area contributed by atoms with Gasteiger partial charge in [-0.05, 0) is 25.8 Å². The molecule has 146 valence electrons. The molecule has 4 amide bonds. The molecule has 1 aromatic carbocycles. The Morgan fingerprint density at radius 2 is 2.15 bits per heavy atom. The van der Waals surface area contributed by atoms with Gasteiger partial charge in [-0.25, -0.2) is 4.79 Å². The Bertz CT molecular complexity index is 777. The monoisotopic (exact) mass is 375 g/mol. The minimum atomic E-state index is -0.598. The van der Waals surface area contributed by atoms with Crippen molar-refractivity contribution in [2.75, 3.05) is 18.5 Å². The molecular weight excluding hydrogens is 350 g/mol. The van der Waals surface area contributed by atoms with Gasteiger partial charge in [0.2, 0.25) is 5.91 Å². The summed E-state index contributed by atoms with van der Waals surface area (Å²) in [5, 5.41) is 5.34. The number of carbonyl (C=O) groups is 3. The quantitative estimate of drug-likeness (QED) is 0.741. The zero-order chi connectivity index (χ0) is 19.7. The van der Waals surface area contributed by atoms with E-state index < -0.39 is 18.0 Å². The largest absolute Gasteiger partial charge is 0.492 e. The van der Waals surface area contributed by atoms with Crippen molar-refractivity contribution >= 4 is 23.5 Å². The second-order valence-corrected chi connectivity index (χ2v) is 7.17. The molecule has 8 heteroatoms. The number of hydrogen-bond donors (Lipinski definition) is 2. The highest BCUT2D eigenvalue weighted by atomic mass is 16.5. The van der Waals surface area contributed by atoms with Gasteiger partial charge in [0.05, 0.1) is 12.3 Å².